The van der Waals surface area contributed by atoms with E-state index >= 15 is 0 Å². The summed E-state index contributed by atoms with van der Waals surface area (Å²) in [7, 11) is -3.55. The highest BCUT2D eigenvalue weighted by atomic mass is 32.2. The average Bonchev–Trinajstić information content (AvgIpc) is 2.59. The Balaban J connectivity index is 2.08. The molecular weight excluding hydrogens is 336 g/mol. The van der Waals surface area contributed by atoms with Crippen molar-refractivity contribution in [1.82, 2.24) is 5.32 Å². The summed E-state index contributed by atoms with van der Waals surface area (Å²) in [6.45, 7) is 3.72. The molecule has 2 aromatic rings. The topological polar surface area (TPSA) is 66.5 Å². The van der Waals surface area contributed by atoms with Crippen LogP contribution in [0.25, 0.3) is 0 Å². The molecule has 0 spiro atoms. The van der Waals surface area contributed by atoms with Gasteiger partial charge >= 0.3 is 0 Å². The number of rotatable bonds is 7. The van der Waals surface area contributed by atoms with Crippen LogP contribution in [-0.4, -0.2) is 27.1 Å². The quantitative estimate of drug-likeness (QED) is 0.826. The van der Waals surface area contributed by atoms with Crippen LogP contribution in [0.5, 0.6) is 0 Å². The summed E-state index contributed by atoms with van der Waals surface area (Å²) >= 11 is 0. The van der Waals surface area contributed by atoms with Crippen molar-refractivity contribution in [2.75, 3.05) is 17.1 Å². The van der Waals surface area contributed by atoms with Crippen LogP contribution in [0.15, 0.2) is 54.6 Å². The number of sulfonamides is 1. The van der Waals surface area contributed by atoms with Crippen molar-refractivity contribution in [1.29, 1.82) is 0 Å². The van der Waals surface area contributed by atoms with Crippen molar-refractivity contribution in [3.8, 4) is 0 Å². The van der Waals surface area contributed by atoms with Gasteiger partial charge < -0.3 is 5.32 Å². The molecule has 1 N–H and O–H groups in total. The van der Waals surface area contributed by atoms with E-state index in [2.05, 4.69) is 12.2 Å². The Hall–Kier alpha value is -2.34. The summed E-state index contributed by atoms with van der Waals surface area (Å²) in [6, 6.07) is 16.4. The molecule has 0 saturated carbocycles. The van der Waals surface area contributed by atoms with Crippen molar-refractivity contribution < 1.29 is 13.2 Å². The van der Waals surface area contributed by atoms with Crippen LogP contribution in [0.3, 0.4) is 0 Å². The maximum atomic E-state index is 12.4. The van der Waals surface area contributed by atoms with E-state index < -0.39 is 10.0 Å². The fraction of sp³-hybridized carbons (Fsp3) is 0.316. The second-order valence-electron chi connectivity index (χ2n) is 5.99. The number of benzene rings is 2. The molecule has 0 aliphatic carbocycles. The van der Waals surface area contributed by atoms with Gasteiger partial charge in [0.05, 0.1) is 18.0 Å². The summed E-state index contributed by atoms with van der Waals surface area (Å²) in [5.41, 5.74) is 2.69. The number of anilines is 1. The Labute approximate surface area is 149 Å². The minimum absolute atomic E-state index is 0.199. The van der Waals surface area contributed by atoms with Gasteiger partial charge in [-0.15, -0.1) is 0 Å². The molecule has 1 unspecified atom stereocenters. The highest BCUT2D eigenvalue weighted by molar-refractivity contribution is 7.92. The summed E-state index contributed by atoms with van der Waals surface area (Å²) in [5, 5.41) is 2.86. The summed E-state index contributed by atoms with van der Waals surface area (Å²) < 4.78 is 25.2. The van der Waals surface area contributed by atoms with Crippen LogP contribution in [0.4, 0.5) is 5.69 Å². The molecule has 25 heavy (non-hydrogen) atoms. The molecule has 0 aliphatic rings. The molecule has 1 amide bonds. The number of nitrogens with zero attached hydrogens (tertiary/aromatic N) is 1. The molecule has 2 rings (SSSR count). The number of para-hydroxylation sites is 1. The highest BCUT2D eigenvalue weighted by Crippen LogP contribution is 2.17. The van der Waals surface area contributed by atoms with E-state index in [4.69, 9.17) is 0 Å². The van der Waals surface area contributed by atoms with Crippen LogP contribution in [0, 0.1) is 0 Å². The predicted octanol–water partition coefficient (Wildman–Crippen LogP) is 2.89. The second kappa shape index (κ2) is 8.16. The molecule has 0 heterocycles. The molecule has 0 aromatic heterocycles. The lowest BCUT2D eigenvalue weighted by molar-refractivity contribution is -0.120. The lowest BCUT2D eigenvalue weighted by atomic mass is 10.1. The SMILES string of the molecule is CCc1ccc(C(C)NC(=O)CN(c2ccccc2)S(C)(=O)=O)cc1. The number of carbonyl (C=O) groups is 1. The first-order valence-electron chi connectivity index (χ1n) is 8.22. The fourth-order valence-corrected chi connectivity index (χ4v) is 3.39. The van der Waals surface area contributed by atoms with E-state index in [-0.39, 0.29) is 18.5 Å². The number of hydrogen-bond acceptors (Lipinski definition) is 3. The molecule has 0 aliphatic heterocycles. The standard InChI is InChI=1S/C19H24N2O3S/c1-4-16-10-12-17(13-11-16)15(2)20-19(22)14-21(25(3,23)24)18-8-6-5-7-9-18/h5-13,15H,4,14H2,1-3H3,(H,20,22). The van der Waals surface area contributed by atoms with Gasteiger partial charge in [0.15, 0.2) is 0 Å². The van der Waals surface area contributed by atoms with Crippen LogP contribution in [0.2, 0.25) is 0 Å². The zero-order valence-electron chi connectivity index (χ0n) is 14.8. The molecule has 0 radical (unpaired) electrons. The minimum atomic E-state index is -3.55. The third kappa shape index (κ3) is 5.32. The predicted molar refractivity (Wildman–Crippen MR) is 101 cm³/mol. The van der Waals surface area contributed by atoms with Crippen LogP contribution in [0.1, 0.15) is 31.0 Å². The van der Waals surface area contributed by atoms with E-state index in [1.807, 2.05) is 31.2 Å². The van der Waals surface area contributed by atoms with Gasteiger partial charge in [0, 0.05) is 0 Å². The monoisotopic (exact) mass is 360 g/mol. The largest absolute Gasteiger partial charge is 0.348 e. The van der Waals surface area contributed by atoms with Crippen molar-refractivity contribution in [2.45, 2.75) is 26.3 Å². The maximum absolute atomic E-state index is 12.4. The highest BCUT2D eigenvalue weighted by Gasteiger charge is 2.21. The molecule has 1 atom stereocenters. The number of hydrogen-bond donors (Lipinski definition) is 1. The van der Waals surface area contributed by atoms with Crippen LogP contribution < -0.4 is 9.62 Å². The number of aryl methyl sites for hydroxylation is 1. The van der Waals surface area contributed by atoms with E-state index in [9.17, 15) is 13.2 Å². The van der Waals surface area contributed by atoms with Gasteiger partial charge in [0.25, 0.3) is 0 Å². The molecule has 5 nitrogen and oxygen atoms in total. The average molecular weight is 360 g/mol. The first-order valence-corrected chi connectivity index (χ1v) is 10.1. The lowest BCUT2D eigenvalue weighted by Crippen LogP contribution is -2.41. The zero-order chi connectivity index (χ0) is 18.4. The van der Waals surface area contributed by atoms with Crippen LogP contribution in [-0.2, 0) is 21.2 Å². The smallest absolute Gasteiger partial charge is 0.241 e. The Morgan fingerprint density at radius 1 is 1.08 bits per heavy atom. The zero-order valence-corrected chi connectivity index (χ0v) is 15.6. The van der Waals surface area contributed by atoms with Gasteiger partial charge in [-0.1, -0.05) is 49.4 Å². The second-order valence-corrected chi connectivity index (χ2v) is 7.90. The Morgan fingerprint density at radius 2 is 1.68 bits per heavy atom. The molecule has 0 saturated heterocycles. The third-order valence-corrected chi connectivity index (χ3v) is 5.14. The third-order valence-electron chi connectivity index (χ3n) is 4.00. The summed E-state index contributed by atoms with van der Waals surface area (Å²) in [6.07, 6.45) is 2.06. The fourth-order valence-electron chi connectivity index (χ4n) is 2.54. The van der Waals surface area contributed by atoms with Gasteiger partial charge in [-0.3, -0.25) is 9.10 Å². The number of nitrogens with one attached hydrogen (secondary N) is 1. The first-order chi connectivity index (χ1) is 11.8. The molecule has 0 fully saturated rings. The molecule has 134 valence electrons. The van der Waals surface area contributed by atoms with Crippen molar-refractivity contribution in [3.63, 3.8) is 0 Å². The van der Waals surface area contributed by atoms with E-state index in [1.54, 1.807) is 30.3 Å². The normalized spacial score (nSPS) is 12.4. The molecule has 2 aromatic carbocycles. The van der Waals surface area contributed by atoms with Gasteiger partial charge in [-0.2, -0.15) is 0 Å². The van der Waals surface area contributed by atoms with E-state index in [0.717, 1.165) is 22.5 Å². The van der Waals surface area contributed by atoms with E-state index in [1.165, 1.54) is 5.56 Å². The van der Waals surface area contributed by atoms with E-state index in [0.29, 0.717) is 5.69 Å². The molecule has 0 bridgehead atoms. The lowest BCUT2D eigenvalue weighted by Gasteiger charge is -2.23. The summed E-state index contributed by atoms with van der Waals surface area (Å²) in [4.78, 5) is 12.4. The van der Waals surface area contributed by atoms with Crippen molar-refractivity contribution in [2.24, 2.45) is 0 Å². The van der Waals surface area contributed by atoms with Crippen molar-refractivity contribution >= 4 is 21.6 Å². The minimum Gasteiger partial charge on any atom is -0.348 e. The Kier molecular flexibility index (Phi) is 6.20. The van der Waals surface area contributed by atoms with Gasteiger partial charge in [0.1, 0.15) is 6.54 Å². The summed E-state index contributed by atoms with van der Waals surface area (Å²) in [5.74, 6) is -0.346. The Bertz CT molecular complexity index is 802. The molecular formula is C19H24N2O3S. The van der Waals surface area contributed by atoms with Crippen molar-refractivity contribution in [3.05, 3.63) is 65.7 Å². The first kappa shape index (κ1) is 19.0. The van der Waals surface area contributed by atoms with Gasteiger partial charge in [-0.05, 0) is 36.6 Å². The molecule has 6 heteroatoms. The number of amides is 1. The van der Waals surface area contributed by atoms with Gasteiger partial charge in [0.2, 0.25) is 15.9 Å². The maximum Gasteiger partial charge on any atom is 0.241 e. The number of carbonyl (C=O) groups excluding carboxylic acids is 1. The Morgan fingerprint density at radius 3 is 2.20 bits per heavy atom. The van der Waals surface area contributed by atoms with Gasteiger partial charge in [-0.25, -0.2) is 8.42 Å². The van der Waals surface area contributed by atoms with Crippen LogP contribution >= 0.6 is 0 Å².